The highest BCUT2D eigenvalue weighted by Gasteiger charge is 2.30. The first kappa shape index (κ1) is 6.42. The summed E-state index contributed by atoms with van der Waals surface area (Å²) in [6.45, 7) is 4.24. The summed E-state index contributed by atoms with van der Waals surface area (Å²) in [6, 6.07) is 0. The molecule has 2 unspecified atom stereocenters. The van der Waals surface area contributed by atoms with E-state index in [9.17, 15) is 0 Å². The van der Waals surface area contributed by atoms with E-state index in [1.807, 2.05) is 19.1 Å². The number of hydrogen-bond donors (Lipinski definition) is 0. The van der Waals surface area contributed by atoms with Crippen LogP contribution in [0.5, 0.6) is 0 Å². The van der Waals surface area contributed by atoms with Crippen molar-refractivity contribution in [1.82, 2.24) is 0 Å². The molecule has 0 aromatic carbocycles. The maximum atomic E-state index is 3.17. The van der Waals surface area contributed by atoms with Gasteiger partial charge in [0.2, 0.25) is 0 Å². The third-order valence-electron chi connectivity index (χ3n) is 1.63. The van der Waals surface area contributed by atoms with Crippen molar-refractivity contribution in [1.29, 1.82) is 0 Å². The van der Waals surface area contributed by atoms with Crippen LogP contribution in [0, 0.1) is 23.7 Å². The lowest BCUT2D eigenvalue weighted by molar-refractivity contribution is 0.917. The van der Waals surface area contributed by atoms with Gasteiger partial charge in [-0.1, -0.05) is 24.8 Å². The van der Waals surface area contributed by atoms with Gasteiger partial charge in [-0.3, -0.25) is 0 Å². The Hall–Kier alpha value is -0.700. The van der Waals surface area contributed by atoms with Crippen molar-refractivity contribution in [2.24, 2.45) is 11.8 Å². The maximum absolute atomic E-state index is 3.17. The molecule has 0 heterocycles. The van der Waals surface area contributed by atoms with Crippen molar-refractivity contribution in [3.8, 4) is 11.8 Å². The summed E-state index contributed by atoms with van der Waals surface area (Å²) < 4.78 is 0. The van der Waals surface area contributed by atoms with Gasteiger partial charge in [-0.05, 0) is 25.3 Å². The van der Waals surface area contributed by atoms with Crippen LogP contribution in [-0.4, -0.2) is 0 Å². The van der Waals surface area contributed by atoms with Gasteiger partial charge in [-0.25, -0.2) is 0 Å². The lowest BCUT2D eigenvalue weighted by Gasteiger charge is -1.72. The highest BCUT2D eigenvalue weighted by atomic mass is 14.3. The third-order valence-corrected chi connectivity index (χ3v) is 1.63. The van der Waals surface area contributed by atoms with Crippen LogP contribution < -0.4 is 0 Å². The van der Waals surface area contributed by atoms with Crippen LogP contribution >= 0.6 is 0 Å². The second kappa shape index (κ2) is 2.73. The Morgan fingerprint density at radius 2 is 2.22 bits per heavy atom. The summed E-state index contributed by atoms with van der Waals surface area (Å²) in [6.07, 6.45) is 5.19. The average molecular weight is 120 g/mol. The Kier molecular flexibility index (Phi) is 1.95. The smallest absolute Gasteiger partial charge is 0.0235 e. The fourth-order valence-corrected chi connectivity index (χ4v) is 0.762. The van der Waals surface area contributed by atoms with Crippen LogP contribution in [0.4, 0.5) is 0 Å². The van der Waals surface area contributed by atoms with Gasteiger partial charge in [0.1, 0.15) is 0 Å². The lowest BCUT2D eigenvalue weighted by atomic mass is 10.3. The molecular weight excluding hydrogens is 108 g/mol. The first-order chi connectivity index (χ1) is 4.34. The van der Waals surface area contributed by atoms with Crippen molar-refractivity contribution < 1.29 is 0 Å². The molecule has 0 aliphatic heterocycles. The second-order valence-electron chi connectivity index (χ2n) is 2.61. The summed E-state index contributed by atoms with van der Waals surface area (Å²) in [4.78, 5) is 0. The summed E-state index contributed by atoms with van der Waals surface area (Å²) in [5, 5.41) is 0. The third kappa shape index (κ3) is 1.93. The van der Waals surface area contributed by atoms with Gasteiger partial charge in [0.25, 0.3) is 0 Å². The molecule has 0 spiro atoms. The zero-order valence-corrected chi connectivity index (χ0v) is 6.02. The van der Waals surface area contributed by atoms with Gasteiger partial charge >= 0.3 is 0 Å². The summed E-state index contributed by atoms with van der Waals surface area (Å²) in [7, 11) is 0. The van der Waals surface area contributed by atoms with Crippen molar-refractivity contribution in [2.45, 2.75) is 20.3 Å². The van der Waals surface area contributed by atoms with Crippen molar-refractivity contribution in [2.75, 3.05) is 0 Å². The molecular formula is C9H12. The highest BCUT2D eigenvalue weighted by molar-refractivity contribution is 5.20. The van der Waals surface area contributed by atoms with Gasteiger partial charge in [0.15, 0.2) is 0 Å². The molecule has 48 valence electrons. The van der Waals surface area contributed by atoms with Crippen LogP contribution in [0.2, 0.25) is 0 Å². The van der Waals surface area contributed by atoms with Crippen LogP contribution in [-0.2, 0) is 0 Å². The molecule has 1 saturated carbocycles. The summed E-state index contributed by atoms with van der Waals surface area (Å²) in [5.41, 5.74) is 0. The van der Waals surface area contributed by atoms with E-state index in [1.54, 1.807) is 0 Å². The van der Waals surface area contributed by atoms with Crippen LogP contribution in [0.3, 0.4) is 0 Å². The topological polar surface area (TPSA) is 0 Å². The minimum absolute atomic E-state index is 0.709. The van der Waals surface area contributed by atoms with Crippen molar-refractivity contribution in [3.63, 3.8) is 0 Å². The zero-order chi connectivity index (χ0) is 6.69. The summed E-state index contributed by atoms with van der Waals surface area (Å²) >= 11 is 0. The Morgan fingerprint density at radius 3 is 2.67 bits per heavy atom. The Labute approximate surface area is 57.0 Å². The van der Waals surface area contributed by atoms with Gasteiger partial charge in [0, 0.05) is 5.92 Å². The van der Waals surface area contributed by atoms with E-state index in [0.717, 1.165) is 5.92 Å². The molecule has 1 aliphatic rings. The molecule has 1 fully saturated rings. The van der Waals surface area contributed by atoms with Gasteiger partial charge in [0.05, 0.1) is 0 Å². The Balaban J connectivity index is 2.27. The van der Waals surface area contributed by atoms with E-state index in [1.165, 1.54) is 6.42 Å². The standard InChI is InChI=1S/C9H12/c1-3-4-5-6-9-7-8(9)2/h3-4,8-9H,7H2,1-2H3/b4-3-. The molecule has 9 heavy (non-hydrogen) atoms. The van der Waals surface area contributed by atoms with E-state index < -0.39 is 0 Å². The molecule has 0 N–H and O–H groups in total. The van der Waals surface area contributed by atoms with E-state index in [2.05, 4.69) is 18.8 Å². The SMILES string of the molecule is C/C=C\C#CC1CC1C. The quantitative estimate of drug-likeness (QED) is 0.430. The van der Waals surface area contributed by atoms with Gasteiger partial charge < -0.3 is 0 Å². The summed E-state index contributed by atoms with van der Waals surface area (Å²) in [5.74, 6) is 7.74. The van der Waals surface area contributed by atoms with Crippen LogP contribution in [0.1, 0.15) is 20.3 Å². The lowest BCUT2D eigenvalue weighted by Crippen LogP contribution is -1.66. The van der Waals surface area contributed by atoms with E-state index in [0.29, 0.717) is 5.92 Å². The molecule has 2 atom stereocenters. The van der Waals surface area contributed by atoms with Gasteiger partial charge in [-0.2, -0.15) is 0 Å². The molecule has 0 saturated heterocycles. The molecule has 0 amide bonds. The predicted molar refractivity (Wildman–Crippen MR) is 39.9 cm³/mol. The molecule has 1 aliphatic carbocycles. The highest BCUT2D eigenvalue weighted by Crippen LogP contribution is 2.36. The largest absolute Gasteiger partial charge is 0.0948 e. The average Bonchev–Trinajstić information content (AvgIpc) is 2.48. The van der Waals surface area contributed by atoms with Gasteiger partial charge in [-0.15, -0.1) is 0 Å². The monoisotopic (exact) mass is 120 g/mol. The second-order valence-corrected chi connectivity index (χ2v) is 2.61. The zero-order valence-electron chi connectivity index (χ0n) is 6.02. The van der Waals surface area contributed by atoms with Crippen LogP contribution in [0.15, 0.2) is 12.2 Å². The first-order valence-electron chi connectivity index (χ1n) is 3.47. The number of rotatable bonds is 0. The number of hydrogen-bond acceptors (Lipinski definition) is 0. The fraction of sp³-hybridized carbons (Fsp3) is 0.556. The fourth-order valence-electron chi connectivity index (χ4n) is 0.762. The molecule has 0 radical (unpaired) electrons. The van der Waals surface area contributed by atoms with Crippen molar-refractivity contribution in [3.05, 3.63) is 12.2 Å². The molecule has 1 rings (SSSR count). The molecule has 0 aromatic heterocycles. The molecule has 0 bridgehead atoms. The minimum atomic E-state index is 0.709. The Bertz CT molecular complexity index is 166. The first-order valence-corrected chi connectivity index (χ1v) is 3.47. The van der Waals surface area contributed by atoms with Crippen molar-refractivity contribution >= 4 is 0 Å². The van der Waals surface area contributed by atoms with E-state index in [4.69, 9.17) is 0 Å². The minimum Gasteiger partial charge on any atom is -0.0948 e. The van der Waals surface area contributed by atoms with Crippen LogP contribution in [0.25, 0.3) is 0 Å². The molecule has 0 heteroatoms. The predicted octanol–water partition coefficient (Wildman–Crippen LogP) is 2.22. The number of allylic oxidation sites excluding steroid dienone is 2. The van der Waals surface area contributed by atoms with E-state index in [-0.39, 0.29) is 0 Å². The molecule has 0 nitrogen and oxygen atoms in total. The maximum Gasteiger partial charge on any atom is 0.0235 e. The normalized spacial score (nSPS) is 31.8. The molecule has 0 aromatic rings. The Morgan fingerprint density at radius 1 is 1.56 bits per heavy atom. The van der Waals surface area contributed by atoms with E-state index >= 15 is 0 Å².